The van der Waals surface area contributed by atoms with Crippen molar-refractivity contribution in [1.82, 2.24) is 21.3 Å². The van der Waals surface area contributed by atoms with E-state index in [1.807, 2.05) is 34.6 Å². The predicted molar refractivity (Wildman–Crippen MR) is 278 cm³/mol. The van der Waals surface area contributed by atoms with Crippen LogP contribution in [0.4, 0.5) is 0 Å². The number of carboxylic acids is 1. The second kappa shape index (κ2) is 36.5. The van der Waals surface area contributed by atoms with Crippen LogP contribution in [0, 0.1) is 35.5 Å². The van der Waals surface area contributed by atoms with Crippen molar-refractivity contribution in [2.75, 3.05) is 59.3 Å². The summed E-state index contributed by atoms with van der Waals surface area (Å²) >= 11 is 0. The summed E-state index contributed by atoms with van der Waals surface area (Å²) in [4.78, 5) is 142. The van der Waals surface area contributed by atoms with Crippen molar-refractivity contribution in [3.05, 3.63) is 0 Å². The Morgan fingerprint density at radius 3 is 1.53 bits per heavy atom. The van der Waals surface area contributed by atoms with Crippen LogP contribution >= 0.6 is 16.5 Å². The van der Waals surface area contributed by atoms with Gasteiger partial charge in [0.25, 0.3) is 0 Å². The molecule has 70 heavy (non-hydrogen) atoms. The van der Waals surface area contributed by atoms with Gasteiger partial charge in [-0.2, -0.15) is 0 Å². The van der Waals surface area contributed by atoms with Gasteiger partial charge in [0.2, 0.25) is 11.8 Å². The van der Waals surface area contributed by atoms with E-state index in [1.165, 1.54) is 0 Å². The summed E-state index contributed by atoms with van der Waals surface area (Å²) in [6.07, 6.45) is -1.67. The van der Waals surface area contributed by atoms with Crippen LogP contribution in [0.25, 0.3) is 0 Å². The van der Waals surface area contributed by atoms with Crippen LogP contribution in [0.2, 0.25) is 0 Å². The molecule has 0 aliphatic heterocycles. The number of rotatable bonds is 39. The monoisotopic (exact) mass is 1000 g/mol. The quantitative estimate of drug-likeness (QED) is 0.0301. The summed E-state index contributed by atoms with van der Waals surface area (Å²) in [5.41, 5.74) is -0.326. The number of hydrogen-bond acceptors (Lipinski definition) is 13. The molecule has 0 fully saturated rings. The fraction of sp³-hybridized carbons (Fsp3) is 0.738. The average molecular weight is 1000 g/mol. The van der Waals surface area contributed by atoms with Crippen LogP contribution in [-0.2, 0) is 62.2 Å². The third-order valence-electron chi connectivity index (χ3n) is 10.9. The molecule has 0 saturated carbocycles. The van der Waals surface area contributed by atoms with Crippen molar-refractivity contribution in [1.29, 1.82) is 0 Å². The number of Topliss-reactive ketones (excluding diaryl/α,β-unsaturated/α-hetero) is 4. The molecule has 5 unspecified atom stereocenters. The Morgan fingerprint density at radius 2 is 1.06 bits per heavy atom. The van der Waals surface area contributed by atoms with Gasteiger partial charge in [0.1, 0.15) is 20.0 Å². The average Bonchev–Trinajstić information content (AvgIpc) is 3.28. The second-order valence-corrected chi connectivity index (χ2v) is 22.6. The summed E-state index contributed by atoms with van der Waals surface area (Å²) in [5, 5.41) is 19.2. The van der Waals surface area contributed by atoms with E-state index in [0.29, 0.717) is 19.6 Å². The summed E-state index contributed by atoms with van der Waals surface area (Å²) in [6, 6.07) is 2.01. The van der Waals surface area contributed by atoms with Gasteiger partial charge in [-0.25, -0.2) is 0 Å². The van der Waals surface area contributed by atoms with E-state index in [2.05, 4.69) is 21.3 Å². The van der Waals surface area contributed by atoms with Crippen LogP contribution in [0.3, 0.4) is 0 Å². The Labute approximate surface area is 423 Å². The topological polar surface area (TPSA) is 275 Å². The molecular weight excluding hydrogens is 934 g/mol. The maximum absolute atomic E-state index is 13.6. The van der Waals surface area contributed by atoms with Crippen LogP contribution in [-0.4, -0.2) is 184 Å². The molecule has 0 aromatic rings. The molecular formula is C42H67B8N4O14PS. The zero-order valence-corrected chi connectivity index (χ0v) is 43.3. The van der Waals surface area contributed by atoms with E-state index in [1.54, 1.807) is 6.66 Å². The van der Waals surface area contributed by atoms with Gasteiger partial charge in [0.15, 0.2) is 17.1 Å². The second-order valence-electron chi connectivity index (χ2n) is 17.8. The predicted octanol–water partition coefficient (Wildman–Crippen LogP) is -0.286. The van der Waals surface area contributed by atoms with Crippen molar-refractivity contribution in [3.63, 3.8) is 0 Å². The van der Waals surface area contributed by atoms with Gasteiger partial charge in [0.05, 0.1) is 32.2 Å². The first kappa shape index (κ1) is 66.6. The molecule has 374 valence electrons. The molecule has 0 aliphatic carbocycles. The first-order valence-electron chi connectivity index (χ1n) is 23.4. The van der Waals surface area contributed by atoms with E-state index in [9.17, 15) is 57.8 Å². The molecule has 0 bridgehead atoms. The Kier molecular flexibility index (Phi) is 34.7. The SMILES string of the molecule is [B]B=S(=B[B])(B([B])[B])C(=O)CNC(=O)C(CC(=O)CNC(=O)C(CCC(=O)NCC(=O)CC(CC(C)C)C(=O)NCC(=O)P([B])C)CC(=O)CCC(CCC(=O)COCCOCC)C(=O)O)CC(C)C. The van der Waals surface area contributed by atoms with E-state index in [0.717, 1.165) is 12.1 Å². The molecule has 0 rings (SSSR count). The van der Waals surface area contributed by atoms with Crippen LogP contribution in [0.5, 0.6) is 0 Å². The number of ketones is 4. The zero-order valence-electron chi connectivity index (χ0n) is 41.6. The Bertz CT molecular complexity index is 1920. The van der Waals surface area contributed by atoms with Crippen molar-refractivity contribution < 1.29 is 67.3 Å². The third-order valence-corrected chi connectivity index (χ3v) is 14.6. The standard InChI is InChI=1S/C42H67B8N4O14PS/c1-7-67-14-15-68-25-33(56)12-9-28(42(65)66)8-11-32(55)18-29(10-13-36(59)51-21-34(57)19-30(16-26(2)3)40(63)53-23-37(60)69(6)47)39(62)52-22-35(58)20-31(17-27(4)5)41(64)54-24-38(61)70(48-43,49-44)50(45)46/h26-31H,7-25H2,1-6H3,(H,51,59)(H,52,62)(H,53,63)(H,54,64)(H,65,66). The molecule has 0 saturated heterocycles. The van der Waals surface area contributed by atoms with E-state index in [4.69, 9.17) is 48.0 Å². The maximum atomic E-state index is 13.6. The normalized spacial score (nSPS) is 13.3. The van der Waals surface area contributed by atoms with Gasteiger partial charge >= 0.3 is 174 Å². The first-order valence-corrected chi connectivity index (χ1v) is 27.0. The molecule has 5 N–H and O–H groups in total. The third kappa shape index (κ3) is 28.0. The van der Waals surface area contributed by atoms with Gasteiger partial charge in [-0.1, -0.05) is 21.6 Å². The number of aliphatic carboxylic acids is 1. The van der Waals surface area contributed by atoms with Gasteiger partial charge in [0, 0.05) is 44.6 Å². The summed E-state index contributed by atoms with van der Waals surface area (Å²) in [5.74, 6) is -11.0. The van der Waals surface area contributed by atoms with E-state index < -0.39 is 124 Å². The molecule has 0 heterocycles. The zero-order chi connectivity index (χ0) is 53.6. The fourth-order valence-electron chi connectivity index (χ4n) is 6.99. The minimum atomic E-state index is -2.77. The Morgan fingerprint density at radius 1 is 0.614 bits per heavy atom. The minimum absolute atomic E-state index is 0.0200. The van der Waals surface area contributed by atoms with Crippen molar-refractivity contribution in [2.45, 2.75) is 105 Å². The fourth-order valence-corrected chi connectivity index (χ4v) is 8.71. The van der Waals surface area contributed by atoms with Gasteiger partial charge in [-0.05, 0) is 45.2 Å². The number of carbonyl (C=O) groups is 11. The van der Waals surface area contributed by atoms with Gasteiger partial charge < -0.3 is 25.2 Å². The van der Waals surface area contributed by atoms with Crippen molar-refractivity contribution >= 4 is 136 Å². The van der Waals surface area contributed by atoms with Crippen LogP contribution < -0.4 is 21.3 Å². The summed E-state index contributed by atoms with van der Waals surface area (Å²) in [6.45, 7) is 9.64. The van der Waals surface area contributed by atoms with Crippen LogP contribution in [0.15, 0.2) is 0 Å². The van der Waals surface area contributed by atoms with Gasteiger partial charge in [-0.3, -0.25) is 33.6 Å². The number of nitrogens with one attached hydrogen (secondary N) is 4. The van der Waals surface area contributed by atoms with Crippen molar-refractivity contribution in [3.8, 4) is 0 Å². The summed E-state index contributed by atoms with van der Waals surface area (Å²) < 4.78 is 10.4. The summed E-state index contributed by atoms with van der Waals surface area (Å²) in [7, 11) is 24.2. The molecule has 18 nitrogen and oxygen atoms in total. The molecule has 28 heteroatoms. The molecule has 0 spiro atoms. The Balaban J connectivity index is 5.98. The first-order chi connectivity index (χ1) is 32.8. The number of amides is 4. The molecule has 10 radical (unpaired) electrons. The molecule has 4 amide bonds. The molecule has 0 aromatic carbocycles. The van der Waals surface area contributed by atoms with Crippen LogP contribution in [0.1, 0.15) is 105 Å². The van der Waals surface area contributed by atoms with E-state index in [-0.39, 0.29) is 101 Å². The number of carboxylic acid groups (broad SMARTS) is 1. The molecule has 5 atom stereocenters. The number of carbonyl (C=O) groups excluding carboxylic acids is 10. The number of ether oxygens (including phenoxy) is 2. The van der Waals surface area contributed by atoms with E-state index >= 15 is 0 Å². The Hall–Kier alpha value is -3.41. The van der Waals surface area contributed by atoms with Crippen molar-refractivity contribution in [2.24, 2.45) is 35.5 Å². The van der Waals surface area contributed by atoms with Gasteiger partial charge in [-0.15, -0.1) is 0 Å². The molecule has 0 aromatic heterocycles. The number of hydrogen-bond donors (Lipinski definition) is 5. The molecule has 0 aliphatic rings.